The highest BCUT2D eigenvalue weighted by Crippen LogP contribution is 2.23. The number of halogens is 2. The lowest BCUT2D eigenvalue weighted by Crippen LogP contribution is -2.19. The summed E-state index contributed by atoms with van der Waals surface area (Å²) in [5.41, 5.74) is 0.898. The van der Waals surface area contributed by atoms with Crippen molar-refractivity contribution < 1.29 is 14.3 Å². The lowest BCUT2D eigenvalue weighted by atomic mass is 10.1. The second kappa shape index (κ2) is 8.04. The molecule has 6 heteroatoms. The van der Waals surface area contributed by atoms with Crippen LogP contribution in [0.4, 0.5) is 0 Å². The van der Waals surface area contributed by atoms with Gasteiger partial charge in [-0.2, -0.15) is 0 Å². The van der Waals surface area contributed by atoms with E-state index in [0.717, 1.165) is 0 Å². The quantitative estimate of drug-likeness (QED) is 0.477. The molecule has 0 aliphatic carbocycles. The average Bonchev–Trinajstić information content (AvgIpc) is 2.38. The molecular formula is C14H15Cl2NO3. The van der Waals surface area contributed by atoms with Crippen molar-refractivity contribution in [1.29, 1.82) is 0 Å². The van der Waals surface area contributed by atoms with Crippen LogP contribution < -0.4 is 5.32 Å². The van der Waals surface area contributed by atoms with Gasteiger partial charge in [0.15, 0.2) is 5.78 Å². The number of hydrogen-bond donors (Lipinski definition) is 1. The summed E-state index contributed by atoms with van der Waals surface area (Å²) < 4.78 is 4.86. The molecule has 4 nitrogen and oxygen atoms in total. The molecule has 1 rings (SSSR count). The number of ketones is 2. The van der Waals surface area contributed by atoms with Crippen molar-refractivity contribution in [2.75, 3.05) is 13.8 Å². The maximum atomic E-state index is 12.1. The molecule has 0 bridgehead atoms. The summed E-state index contributed by atoms with van der Waals surface area (Å²) in [5, 5.41) is 3.56. The Morgan fingerprint density at radius 3 is 2.55 bits per heavy atom. The van der Waals surface area contributed by atoms with Gasteiger partial charge in [0.1, 0.15) is 12.5 Å². The summed E-state index contributed by atoms with van der Waals surface area (Å²) in [7, 11) is 1.51. The van der Waals surface area contributed by atoms with Gasteiger partial charge in [0.05, 0.1) is 10.0 Å². The largest absolute Gasteiger partial charge is 0.366 e. The summed E-state index contributed by atoms with van der Waals surface area (Å²) in [4.78, 5) is 23.3. The molecule has 0 saturated heterocycles. The van der Waals surface area contributed by atoms with Gasteiger partial charge in [0, 0.05) is 30.9 Å². The molecule has 0 fully saturated rings. The van der Waals surface area contributed by atoms with E-state index in [1.54, 1.807) is 12.1 Å². The highest BCUT2D eigenvalue weighted by atomic mass is 35.5. The molecule has 1 N–H and O–H groups in total. The smallest absolute Gasteiger partial charge is 0.187 e. The first-order valence-corrected chi connectivity index (χ1v) is 6.62. The predicted octanol–water partition coefficient (Wildman–Crippen LogP) is 3.23. The second-order valence-electron chi connectivity index (χ2n) is 4.15. The number of benzene rings is 1. The van der Waals surface area contributed by atoms with E-state index >= 15 is 0 Å². The topological polar surface area (TPSA) is 55.4 Å². The van der Waals surface area contributed by atoms with Gasteiger partial charge in [0.25, 0.3) is 0 Å². The normalized spacial score (nSPS) is 11.3. The molecule has 0 spiro atoms. The molecule has 0 atom stereocenters. The van der Waals surface area contributed by atoms with Crippen LogP contribution in [0, 0.1) is 0 Å². The Balaban J connectivity index is 2.93. The summed E-state index contributed by atoms with van der Waals surface area (Å²) in [5.74, 6) is -0.315. The summed E-state index contributed by atoms with van der Waals surface area (Å²) in [6.07, 6.45) is 1.50. The average molecular weight is 316 g/mol. The predicted molar refractivity (Wildman–Crippen MR) is 79.2 cm³/mol. The number of rotatable bonds is 7. The minimum absolute atomic E-state index is 0.0539. The SMILES string of the molecule is COCN/C(=C\C(=O)c1ccc(Cl)c(Cl)c1)CC(C)=O. The molecule has 0 heterocycles. The molecule has 108 valence electrons. The Bertz CT molecular complexity index is 541. The third-order valence-corrected chi connectivity index (χ3v) is 3.13. The van der Waals surface area contributed by atoms with E-state index in [1.807, 2.05) is 0 Å². The van der Waals surface area contributed by atoms with Crippen molar-refractivity contribution >= 4 is 34.8 Å². The number of methoxy groups -OCH3 is 1. The molecule has 20 heavy (non-hydrogen) atoms. The lowest BCUT2D eigenvalue weighted by molar-refractivity contribution is -0.116. The molecule has 1 aromatic carbocycles. The Labute approximate surface area is 127 Å². The minimum atomic E-state index is -0.261. The lowest BCUT2D eigenvalue weighted by Gasteiger charge is -2.08. The van der Waals surface area contributed by atoms with Crippen molar-refractivity contribution in [1.82, 2.24) is 5.32 Å². The number of hydrogen-bond acceptors (Lipinski definition) is 4. The molecule has 0 unspecified atom stereocenters. The maximum absolute atomic E-state index is 12.1. The van der Waals surface area contributed by atoms with E-state index in [4.69, 9.17) is 27.9 Å². The van der Waals surface area contributed by atoms with E-state index in [-0.39, 0.29) is 24.7 Å². The molecule has 0 radical (unpaired) electrons. The summed E-state index contributed by atoms with van der Waals surface area (Å²) in [6.45, 7) is 1.67. The van der Waals surface area contributed by atoms with Gasteiger partial charge in [-0.05, 0) is 25.1 Å². The number of carbonyl (C=O) groups is 2. The first-order chi connectivity index (χ1) is 9.43. The number of carbonyl (C=O) groups excluding carboxylic acids is 2. The van der Waals surface area contributed by atoms with Gasteiger partial charge in [0.2, 0.25) is 0 Å². The second-order valence-corrected chi connectivity index (χ2v) is 4.97. The fourth-order valence-corrected chi connectivity index (χ4v) is 1.79. The molecule has 1 aromatic rings. The standard InChI is InChI=1S/C14H15Cl2NO3/c1-9(18)5-11(17-8-20-2)7-14(19)10-3-4-12(15)13(16)6-10/h3-4,6-7,17H,5,8H2,1-2H3/b11-7-. The van der Waals surface area contributed by atoms with Gasteiger partial charge in [-0.3, -0.25) is 9.59 Å². The van der Waals surface area contributed by atoms with Crippen LogP contribution in [0.5, 0.6) is 0 Å². The minimum Gasteiger partial charge on any atom is -0.366 e. The van der Waals surface area contributed by atoms with Crippen molar-refractivity contribution in [3.63, 3.8) is 0 Å². The molecule has 0 amide bonds. The van der Waals surface area contributed by atoms with Crippen molar-refractivity contribution in [2.24, 2.45) is 0 Å². The van der Waals surface area contributed by atoms with Gasteiger partial charge < -0.3 is 10.1 Å². The molecule has 0 saturated carbocycles. The Morgan fingerprint density at radius 2 is 2.00 bits per heavy atom. The van der Waals surface area contributed by atoms with Gasteiger partial charge in [-0.15, -0.1) is 0 Å². The van der Waals surface area contributed by atoms with Crippen LogP contribution in [0.25, 0.3) is 0 Å². The van der Waals surface area contributed by atoms with Crippen LogP contribution in [0.3, 0.4) is 0 Å². The number of allylic oxidation sites excluding steroid dienone is 2. The molecule has 0 aliphatic heterocycles. The van der Waals surface area contributed by atoms with Gasteiger partial charge in [-0.1, -0.05) is 23.2 Å². The third kappa shape index (κ3) is 5.33. The summed E-state index contributed by atoms with van der Waals surface area (Å²) >= 11 is 11.7. The van der Waals surface area contributed by atoms with E-state index < -0.39 is 0 Å². The fourth-order valence-electron chi connectivity index (χ4n) is 1.49. The van der Waals surface area contributed by atoms with Crippen LogP contribution in [0.2, 0.25) is 10.0 Å². The zero-order chi connectivity index (χ0) is 15.1. The zero-order valence-electron chi connectivity index (χ0n) is 11.2. The first kappa shape index (κ1) is 16.7. The fraction of sp³-hybridized carbons (Fsp3) is 0.286. The van der Waals surface area contributed by atoms with Crippen molar-refractivity contribution in [3.8, 4) is 0 Å². The first-order valence-electron chi connectivity index (χ1n) is 5.86. The Morgan fingerprint density at radius 1 is 1.30 bits per heavy atom. The Kier molecular flexibility index (Phi) is 6.71. The number of Topliss-reactive ketones (excluding diaryl/α,β-unsaturated/α-hetero) is 1. The van der Waals surface area contributed by atoms with Crippen LogP contribution in [-0.4, -0.2) is 25.4 Å². The zero-order valence-corrected chi connectivity index (χ0v) is 12.7. The summed E-state index contributed by atoms with van der Waals surface area (Å²) in [6, 6.07) is 4.62. The van der Waals surface area contributed by atoms with Crippen molar-refractivity contribution in [2.45, 2.75) is 13.3 Å². The van der Waals surface area contributed by atoms with Gasteiger partial charge >= 0.3 is 0 Å². The highest BCUT2D eigenvalue weighted by molar-refractivity contribution is 6.42. The highest BCUT2D eigenvalue weighted by Gasteiger charge is 2.09. The van der Waals surface area contributed by atoms with Crippen LogP contribution in [0.1, 0.15) is 23.7 Å². The van der Waals surface area contributed by atoms with Crippen LogP contribution in [-0.2, 0) is 9.53 Å². The van der Waals surface area contributed by atoms with Crippen LogP contribution in [0.15, 0.2) is 30.0 Å². The third-order valence-electron chi connectivity index (χ3n) is 2.39. The van der Waals surface area contributed by atoms with Gasteiger partial charge in [-0.25, -0.2) is 0 Å². The van der Waals surface area contributed by atoms with E-state index in [9.17, 15) is 9.59 Å². The number of ether oxygens (including phenoxy) is 1. The van der Waals surface area contributed by atoms with E-state index in [0.29, 0.717) is 21.3 Å². The Hall–Kier alpha value is -1.36. The van der Waals surface area contributed by atoms with Crippen LogP contribution >= 0.6 is 23.2 Å². The van der Waals surface area contributed by atoms with E-state index in [2.05, 4.69) is 5.32 Å². The van der Waals surface area contributed by atoms with Crippen molar-refractivity contribution in [3.05, 3.63) is 45.6 Å². The molecule has 0 aromatic heterocycles. The maximum Gasteiger partial charge on any atom is 0.187 e. The van der Waals surface area contributed by atoms with E-state index in [1.165, 1.54) is 26.2 Å². The number of nitrogens with one attached hydrogen (secondary N) is 1. The molecule has 0 aliphatic rings. The molecular weight excluding hydrogens is 301 g/mol. The monoisotopic (exact) mass is 315 g/mol.